The molecule has 35 heavy (non-hydrogen) atoms. The van der Waals surface area contributed by atoms with Gasteiger partial charge in [0.05, 0.1) is 12.7 Å². The predicted molar refractivity (Wildman–Crippen MR) is 127 cm³/mol. The van der Waals surface area contributed by atoms with Gasteiger partial charge in [-0.2, -0.15) is 21.6 Å². The first-order chi connectivity index (χ1) is 16.3. The van der Waals surface area contributed by atoms with E-state index in [1.807, 2.05) is 18.2 Å². The molecule has 1 N–H and O–H groups in total. The summed E-state index contributed by atoms with van der Waals surface area (Å²) >= 11 is 12.5. The average molecular weight is 547 g/mol. The lowest BCUT2D eigenvalue weighted by molar-refractivity contribution is -0.0526. The molecular weight excluding hydrogens is 528 g/mol. The monoisotopic (exact) mass is 546 g/mol. The number of benzene rings is 3. The van der Waals surface area contributed by atoms with Crippen molar-refractivity contribution < 1.29 is 35.7 Å². The smallest absolute Gasteiger partial charge is 0.478 e. The maximum Gasteiger partial charge on any atom is 0.523 e. The normalized spacial score (nSPS) is 15.2. The lowest BCUT2D eigenvalue weighted by atomic mass is 9.90. The van der Waals surface area contributed by atoms with E-state index in [-0.39, 0.29) is 5.92 Å². The van der Waals surface area contributed by atoms with Crippen LogP contribution in [0.25, 0.3) is 11.1 Å². The second kappa shape index (κ2) is 10.6. The highest BCUT2D eigenvalue weighted by atomic mass is 35.5. The molecule has 3 aromatic carbocycles. The summed E-state index contributed by atoms with van der Waals surface area (Å²) in [5.74, 6) is -0.684. The van der Waals surface area contributed by atoms with Crippen LogP contribution in [0.15, 0.2) is 60.7 Å². The first-order valence-corrected chi connectivity index (χ1v) is 12.3. The number of alkyl halides is 3. The molecule has 0 amide bonds. The van der Waals surface area contributed by atoms with Crippen LogP contribution in [-0.4, -0.2) is 32.1 Å². The van der Waals surface area contributed by atoms with Crippen molar-refractivity contribution in [3.05, 3.63) is 93.0 Å². The molecule has 0 spiro atoms. The standard InChI is InChI=1S/C22H16Cl2O2.C2H3F3O3S/c23-17-7-9-19(21(24)12-17)18-8-6-13-4-5-15(11-20(13)18)14-2-1-3-16(10-14)22(25)26;1-8-9(6,7)2(3,4)5/h1-5,7,9-12,18H,6,8H2,(H,25,26);1H3. The van der Waals surface area contributed by atoms with Crippen LogP contribution < -0.4 is 0 Å². The molecule has 3 aromatic rings. The summed E-state index contributed by atoms with van der Waals surface area (Å²) < 4.78 is 55.9. The van der Waals surface area contributed by atoms with E-state index in [1.54, 1.807) is 24.3 Å². The van der Waals surface area contributed by atoms with Crippen molar-refractivity contribution in [2.24, 2.45) is 0 Å². The molecule has 1 atom stereocenters. The third-order valence-electron chi connectivity index (χ3n) is 5.51. The van der Waals surface area contributed by atoms with Gasteiger partial charge in [0.1, 0.15) is 0 Å². The fraction of sp³-hybridized carbons (Fsp3) is 0.208. The van der Waals surface area contributed by atoms with Gasteiger partial charge >= 0.3 is 21.6 Å². The van der Waals surface area contributed by atoms with Crippen LogP contribution in [0.2, 0.25) is 10.0 Å². The first kappa shape index (κ1) is 27.0. The van der Waals surface area contributed by atoms with Crippen LogP contribution in [-0.2, 0) is 20.7 Å². The molecule has 0 aromatic heterocycles. The topological polar surface area (TPSA) is 80.7 Å². The zero-order chi connectivity index (χ0) is 26.0. The lowest BCUT2D eigenvalue weighted by Crippen LogP contribution is -2.23. The highest BCUT2D eigenvalue weighted by Gasteiger charge is 2.46. The van der Waals surface area contributed by atoms with Gasteiger partial charge in [0, 0.05) is 16.0 Å². The number of carboxylic acids is 1. The van der Waals surface area contributed by atoms with E-state index >= 15 is 0 Å². The van der Waals surface area contributed by atoms with Crippen LogP contribution in [0, 0.1) is 0 Å². The Kier molecular flexibility index (Phi) is 8.16. The first-order valence-electron chi connectivity index (χ1n) is 10.1. The van der Waals surface area contributed by atoms with Crippen molar-refractivity contribution in [3.63, 3.8) is 0 Å². The van der Waals surface area contributed by atoms with E-state index in [1.165, 1.54) is 11.1 Å². The molecule has 1 aliphatic carbocycles. The van der Waals surface area contributed by atoms with Gasteiger partial charge in [0.2, 0.25) is 0 Å². The second-order valence-corrected chi connectivity index (χ2v) is 10.2. The number of halogens is 5. The van der Waals surface area contributed by atoms with Gasteiger partial charge in [-0.15, -0.1) is 0 Å². The summed E-state index contributed by atoms with van der Waals surface area (Å²) in [6.45, 7) is 0. The molecule has 0 heterocycles. The number of aryl methyl sites for hydroxylation is 1. The maximum atomic E-state index is 11.2. The van der Waals surface area contributed by atoms with Gasteiger partial charge < -0.3 is 5.11 Å². The van der Waals surface area contributed by atoms with Gasteiger partial charge in [-0.1, -0.05) is 59.6 Å². The van der Waals surface area contributed by atoms with Gasteiger partial charge in [-0.25, -0.2) is 4.79 Å². The molecule has 186 valence electrons. The Morgan fingerprint density at radius 2 is 1.69 bits per heavy atom. The summed E-state index contributed by atoms with van der Waals surface area (Å²) in [6, 6.07) is 19.1. The third kappa shape index (κ3) is 6.16. The average Bonchev–Trinajstić information content (AvgIpc) is 3.22. The SMILES string of the molecule is COS(=O)(=O)C(F)(F)F.O=C(O)c1cccc(-c2ccc3c(c2)C(c2ccc(Cl)cc2Cl)CC3)c1. The third-order valence-corrected chi connectivity index (χ3v) is 7.08. The molecule has 0 saturated heterocycles. The zero-order valence-electron chi connectivity index (χ0n) is 18.1. The minimum Gasteiger partial charge on any atom is -0.478 e. The van der Waals surface area contributed by atoms with Crippen LogP contribution in [0.3, 0.4) is 0 Å². The number of fused-ring (bicyclic) bond motifs is 1. The fourth-order valence-corrected chi connectivity index (χ4v) is 4.54. The van der Waals surface area contributed by atoms with Crippen molar-refractivity contribution in [1.29, 1.82) is 0 Å². The minimum absolute atomic E-state index is 0.234. The number of carboxylic acid groups (broad SMARTS) is 1. The number of hydrogen-bond acceptors (Lipinski definition) is 4. The molecule has 5 nitrogen and oxygen atoms in total. The predicted octanol–water partition coefficient (Wildman–Crippen LogP) is 6.92. The van der Waals surface area contributed by atoms with E-state index < -0.39 is 21.6 Å². The largest absolute Gasteiger partial charge is 0.523 e. The van der Waals surface area contributed by atoms with Gasteiger partial charge in [0.15, 0.2) is 0 Å². The number of hydrogen-bond donors (Lipinski definition) is 1. The van der Waals surface area contributed by atoms with Crippen molar-refractivity contribution in [3.8, 4) is 11.1 Å². The van der Waals surface area contributed by atoms with Crippen molar-refractivity contribution in [2.45, 2.75) is 24.3 Å². The molecule has 11 heteroatoms. The Hall–Kier alpha value is -2.59. The fourth-order valence-electron chi connectivity index (χ4n) is 3.82. The molecular formula is C24H19Cl2F3O5S. The Morgan fingerprint density at radius 3 is 2.26 bits per heavy atom. The summed E-state index contributed by atoms with van der Waals surface area (Å²) in [6.07, 6.45) is 2.02. The van der Waals surface area contributed by atoms with Gasteiger partial charge in [0.25, 0.3) is 0 Å². The van der Waals surface area contributed by atoms with E-state index in [4.69, 9.17) is 23.2 Å². The van der Waals surface area contributed by atoms with Crippen molar-refractivity contribution >= 4 is 39.3 Å². The zero-order valence-corrected chi connectivity index (χ0v) is 20.5. The summed E-state index contributed by atoms with van der Waals surface area (Å²) in [7, 11) is -4.89. The quantitative estimate of drug-likeness (QED) is 0.283. The Labute approximate surface area is 210 Å². The Morgan fingerprint density at radius 1 is 1.00 bits per heavy atom. The Balaban J connectivity index is 0.000000327. The molecule has 0 bridgehead atoms. The molecule has 0 saturated carbocycles. The molecule has 0 aliphatic heterocycles. The highest BCUT2D eigenvalue weighted by molar-refractivity contribution is 7.87. The number of carbonyl (C=O) groups is 1. The van der Waals surface area contributed by atoms with Crippen LogP contribution in [0.5, 0.6) is 0 Å². The molecule has 1 unspecified atom stereocenters. The Bertz CT molecular complexity index is 1360. The second-order valence-electron chi connectivity index (χ2n) is 7.62. The van der Waals surface area contributed by atoms with E-state index in [0.29, 0.717) is 22.7 Å². The maximum absolute atomic E-state index is 11.2. The van der Waals surface area contributed by atoms with Crippen molar-refractivity contribution in [1.82, 2.24) is 0 Å². The van der Waals surface area contributed by atoms with E-state index in [0.717, 1.165) is 29.5 Å². The van der Waals surface area contributed by atoms with E-state index in [9.17, 15) is 31.5 Å². The number of rotatable bonds is 4. The molecule has 0 radical (unpaired) electrons. The number of aromatic carboxylic acids is 1. The molecule has 1 aliphatic rings. The van der Waals surface area contributed by atoms with Crippen molar-refractivity contribution in [2.75, 3.05) is 7.11 Å². The van der Waals surface area contributed by atoms with Crippen LogP contribution in [0.4, 0.5) is 13.2 Å². The molecule has 0 fully saturated rings. The van der Waals surface area contributed by atoms with Gasteiger partial charge in [-0.3, -0.25) is 4.18 Å². The summed E-state index contributed by atoms with van der Waals surface area (Å²) in [5, 5.41) is 10.6. The van der Waals surface area contributed by atoms with Crippen LogP contribution in [0.1, 0.15) is 39.4 Å². The minimum atomic E-state index is -5.34. The highest BCUT2D eigenvalue weighted by Crippen LogP contribution is 2.42. The summed E-state index contributed by atoms with van der Waals surface area (Å²) in [4.78, 5) is 11.2. The molecule has 4 rings (SSSR count). The van der Waals surface area contributed by atoms with E-state index in [2.05, 4.69) is 22.4 Å². The van der Waals surface area contributed by atoms with Gasteiger partial charge in [-0.05, 0) is 64.9 Å². The summed E-state index contributed by atoms with van der Waals surface area (Å²) in [5.41, 5.74) is 0.574. The van der Waals surface area contributed by atoms with Crippen LogP contribution >= 0.6 is 23.2 Å². The lowest BCUT2D eigenvalue weighted by Gasteiger charge is -2.15.